The van der Waals surface area contributed by atoms with Gasteiger partial charge in [-0.1, -0.05) is 48.5 Å². The van der Waals surface area contributed by atoms with E-state index >= 15 is 0 Å². The highest BCUT2D eigenvalue weighted by atomic mass is 14.9. The zero-order valence-electron chi connectivity index (χ0n) is 10.5. The summed E-state index contributed by atoms with van der Waals surface area (Å²) in [5, 5.41) is 3.40. The molecule has 2 rings (SSSR count). The Hall–Kier alpha value is -1.80. The molecule has 18 heavy (non-hydrogen) atoms. The van der Waals surface area contributed by atoms with Gasteiger partial charge in [0, 0.05) is 18.3 Å². The molecule has 1 atom stereocenters. The van der Waals surface area contributed by atoms with E-state index in [2.05, 4.69) is 29.6 Å². The largest absolute Gasteiger partial charge is 0.385 e. The number of benzene rings is 2. The maximum Gasteiger partial charge on any atom is 0.0340 e. The van der Waals surface area contributed by atoms with Crippen LogP contribution in [0.1, 0.15) is 24.4 Å². The van der Waals surface area contributed by atoms with E-state index in [1.54, 1.807) is 0 Å². The minimum absolute atomic E-state index is 0.142. The van der Waals surface area contributed by atoms with Gasteiger partial charge in [-0.25, -0.2) is 0 Å². The maximum absolute atomic E-state index is 6.15. The van der Waals surface area contributed by atoms with E-state index in [0.717, 1.165) is 19.4 Å². The molecular weight excluding hydrogens is 220 g/mol. The number of nitrogens with one attached hydrogen (secondary N) is 1. The zero-order valence-corrected chi connectivity index (χ0v) is 10.5. The molecule has 1 unspecified atom stereocenters. The normalized spacial score (nSPS) is 12.1. The first kappa shape index (κ1) is 12.7. The molecule has 0 aliphatic carbocycles. The first-order valence-corrected chi connectivity index (χ1v) is 6.46. The fourth-order valence-electron chi connectivity index (χ4n) is 1.98. The van der Waals surface area contributed by atoms with Crippen LogP contribution in [-0.2, 0) is 0 Å². The zero-order chi connectivity index (χ0) is 12.6. The van der Waals surface area contributed by atoms with E-state index in [9.17, 15) is 0 Å². The van der Waals surface area contributed by atoms with Crippen LogP contribution >= 0.6 is 0 Å². The van der Waals surface area contributed by atoms with E-state index in [1.807, 2.05) is 36.4 Å². The molecule has 0 bridgehead atoms. The Bertz CT molecular complexity index is 439. The molecule has 0 aromatic heterocycles. The number of para-hydroxylation sites is 1. The number of hydrogen-bond acceptors (Lipinski definition) is 2. The Morgan fingerprint density at radius 1 is 0.889 bits per heavy atom. The van der Waals surface area contributed by atoms with Gasteiger partial charge in [-0.3, -0.25) is 0 Å². The lowest BCUT2D eigenvalue weighted by Crippen LogP contribution is -2.12. The third-order valence-electron chi connectivity index (χ3n) is 3.02. The molecule has 0 radical (unpaired) electrons. The molecule has 0 saturated carbocycles. The number of rotatable bonds is 6. The second-order valence-electron chi connectivity index (χ2n) is 4.45. The summed E-state index contributed by atoms with van der Waals surface area (Å²) in [7, 11) is 0. The summed E-state index contributed by atoms with van der Waals surface area (Å²) < 4.78 is 0. The fraction of sp³-hybridized carbons (Fsp3) is 0.250. The van der Waals surface area contributed by atoms with Gasteiger partial charge in [-0.2, -0.15) is 0 Å². The third-order valence-corrected chi connectivity index (χ3v) is 3.02. The third kappa shape index (κ3) is 3.90. The van der Waals surface area contributed by atoms with E-state index in [4.69, 9.17) is 5.73 Å². The first-order valence-electron chi connectivity index (χ1n) is 6.46. The van der Waals surface area contributed by atoms with Crippen molar-refractivity contribution in [1.82, 2.24) is 0 Å². The van der Waals surface area contributed by atoms with E-state index < -0.39 is 0 Å². The molecule has 2 heteroatoms. The van der Waals surface area contributed by atoms with Crippen molar-refractivity contribution < 1.29 is 0 Å². The van der Waals surface area contributed by atoms with Crippen LogP contribution in [-0.4, -0.2) is 6.54 Å². The van der Waals surface area contributed by atoms with Crippen molar-refractivity contribution >= 4 is 5.69 Å². The van der Waals surface area contributed by atoms with Crippen molar-refractivity contribution in [2.24, 2.45) is 5.73 Å². The van der Waals surface area contributed by atoms with Crippen LogP contribution in [0.15, 0.2) is 60.7 Å². The average Bonchev–Trinajstić information content (AvgIpc) is 2.45. The molecule has 0 heterocycles. The van der Waals surface area contributed by atoms with Crippen LogP contribution in [0.25, 0.3) is 0 Å². The van der Waals surface area contributed by atoms with Crippen LogP contribution in [0.5, 0.6) is 0 Å². The van der Waals surface area contributed by atoms with Crippen molar-refractivity contribution in [3.05, 3.63) is 66.2 Å². The van der Waals surface area contributed by atoms with Gasteiger partial charge in [-0.15, -0.1) is 0 Å². The molecule has 2 aromatic carbocycles. The summed E-state index contributed by atoms with van der Waals surface area (Å²) in [4.78, 5) is 0. The van der Waals surface area contributed by atoms with Gasteiger partial charge >= 0.3 is 0 Å². The Morgan fingerprint density at radius 2 is 1.50 bits per heavy atom. The second-order valence-corrected chi connectivity index (χ2v) is 4.45. The van der Waals surface area contributed by atoms with Crippen LogP contribution in [0.2, 0.25) is 0 Å². The van der Waals surface area contributed by atoms with Crippen molar-refractivity contribution in [2.75, 3.05) is 11.9 Å². The van der Waals surface area contributed by atoms with Gasteiger partial charge in [-0.05, 0) is 30.5 Å². The Balaban J connectivity index is 1.70. The summed E-state index contributed by atoms with van der Waals surface area (Å²) in [5.74, 6) is 0. The summed E-state index contributed by atoms with van der Waals surface area (Å²) in [6.45, 7) is 0.963. The monoisotopic (exact) mass is 240 g/mol. The van der Waals surface area contributed by atoms with Crippen molar-refractivity contribution in [2.45, 2.75) is 18.9 Å². The molecule has 0 aliphatic rings. The highest BCUT2D eigenvalue weighted by Gasteiger charge is 2.04. The van der Waals surface area contributed by atoms with Crippen LogP contribution in [0.4, 0.5) is 5.69 Å². The summed E-state index contributed by atoms with van der Waals surface area (Å²) in [5.41, 5.74) is 8.54. The molecule has 0 saturated heterocycles. The van der Waals surface area contributed by atoms with Crippen LogP contribution in [0, 0.1) is 0 Å². The number of anilines is 1. The van der Waals surface area contributed by atoms with Crippen molar-refractivity contribution in [3.63, 3.8) is 0 Å². The fourth-order valence-corrected chi connectivity index (χ4v) is 1.98. The highest BCUT2D eigenvalue weighted by molar-refractivity contribution is 5.42. The van der Waals surface area contributed by atoms with Crippen LogP contribution < -0.4 is 11.1 Å². The quantitative estimate of drug-likeness (QED) is 0.757. The van der Waals surface area contributed by atoms with Crippen molar-refractivity contribution in [1.29, 1.82) is 0 Å². The van der Waals surface area contributed by atoms with Crippen LogP contribution in [0.3, 0.4) is 0 Å². The van der Waals surface area contributed by atoms with Gasteiger partial charge in [0.2, 0.25) is 0 Å². The minimum atomic E-state index is 0.142. The number of nitrogens with two attached hydrogens (primary N) is 1. The molecule has 0 fully saturated rings. The maximum atomic E-state index is 6.15. The number of hydrogen-bond donors (Lipinski definition) is 2. The van der Waals surface area contributed by atoms with Gasteiger partial charge in [0.1, 0.15) is 0 Å². The molecule has 2 nitrogen and oxygen atoms in total. The minimum Gasteiger partial charge on any atom is -0.385 e. The summed E-state index contributed by atoms with van der Waals surface area (Å²) in [6.07, 6.45) is 2.08. The van der Waals surface area contributed by atoms with Gasteiger partial charge in [0.15, 0.2) is 0 Å². The predicted octanol–water partition coefficient (Wildman–Crippen LogP) is 3.58. The Kier molecular flexibility index (Phi) is 4.79. The predicted molar refractivity (Wildman–Crippen MR) is 77.5 cm³/mol. The van der Waals surface area contributed by atoms with Crippen molar-refractivity contribution in [3.8, 4) is 0 Å². The topological polar surface area (TPSA) is 38.0 Å². The second kappa shape index (κ2) is 6.82. The Labute approximate surface area is 109 Å². The molecule has 0 spiro atoms. The SMILES string of the molecule is NC(CCCNc1ccccc1)c1ccccc1. The van der Waals surface area contributed by atoms with Gasteiger partial charge in [0.25, 0.3) is 0 Å². The van der Waals surface area contributed by atoms with E-state index in [1.165, 1.54) is 11.3 Å². The van der Waals surface area contributed by atoms with E-state index in [0.29, 0.717) is 0 Å². The molecule has 0 aliphatic heterocycles. The lowest BCUT2D eigenvalue weighted by molar-refractivity contribution is 0.626. The van der Waals surface area contributed by atoms with Gasteiger partial charge < -0.3 is 11.1 Å². The van der Waals surface area contributed by atoms with E-state index in [-0.39, 0.29) is 6.04 Å². The molecule has 3 N–H and O–H groups in total. The highest BCUT2D eigenvalue weighted by Crippen LogP contribution is 2.15. The lowest BCUT2D eigenvalue weighted by atomic mass is 10.0. The average molecular weight is 240 g/mol. The standard InChI is InChI=1S/C16H20N2/c17-16(14-8-3-1-4-9-14)12-7-13-18-15-10-5-2-6-11-15/h1-6,8-11,16,18H,7,12-13,17H2. The Morgan fingerprint density at radius 3 is 2.17 bits per heavy atom. The molecule has 94 valence electrons. The molecule has 2 aromatic rings. The molecule has 0 amide bonds. The summed E-state index contributed by atoms with van der Waals surface area (Å²) >= 11 is 0. The lowest BCUT2D eigenvalue weighted by Gasteiger charge is -2.12. The first-order chi connectivity index (χ1) is 8.86. The smallest absolute Gasteiger partial charge is 0.0340 e. The summed E-state index contributed by atoms with van der Waals surface area (Å²) in [6, 6.07) is 20.7. The van der Waals surface area contributed by atoms with Gasteiger partial charge in [0.05, 0.1) is 0 Å². The molecular formula is C16H20N2.